The molecule has 0 aliphatic carbocycles. The molecule has 1 aromatic rings. The smallest absolute Gasteiger partial charge is 0.341 e. The Balaban J connectivity index is 2.91. The van der Waals surface area contributed by atoms with Gasteiger partial charge in [-0.2, -0.15) is 0 Å². The summed E-state index contributed by atoms with van der Waals surface area (Å²) >= 11 is 0. The fourth-order valence-corrected chi connectivity index (χ4v) is 1.62. The second-order valence-electron chi connectivity index (χ2n) is 4.30. The molecule has 0 aliphatic rings. The van der Waals surface area contributed by atoms with Gasteiger partial charge in [-0.25, -0.2) is 4.79 Å². The molecule has 0 heterocycles. The number of aliphatic carboxylic acids is 2. The molecular weight excluding hydrogens is 278 g/mol. The van der Waals surface area contributed by atoms with Crippen molar-refractivity contribution in [1.82, 2.24) is 5.32 Å². The van der Waals surface area contributed by atoms with Crippen molar-refractivity contribution in [2.45, 2.75) is 26.4 Å². The van der Waals surface area contributed by atoms with Crippen molar-refractivity contribution in [3.8, 4) is 11.5 Å². The van der Waals surface area contributed by atoms with Crippen LogP contribution in [-0.4, -0.2) is 41.4 Å². The van der Waals surface area contributed by atoms with E-state index in [0.29, 0.717) is 23.7 Å². The van der Waals surface area contributed by atoms with Gasteiger partial charge in [-0.3, -0.25) is 4.79 Å². The summed E-state index contributed by atoms with van der Waals surface area (Å²) in [6, 6.07) is 4.40. The number of rotatable bonds is 9. The molecule has 0 radical (unpaired) electrons. The predicted octanol–water partition coefficient (Wildman–Crippen LogP) is 1.11. The zero-order chi connectivity index (χ0) is 15.8. The van der Waals surface area contributed by atoms with Crippen LogP contribution in [0.4, 0.5) is 0 Å². The Morgan fingerprint density at radius 3 is 2.57 bits per heavy atom. The van der Waals surface area contributed by atoms with Crippen molar-refractivity contribution in [2.75, 3.05) is 13.2 Å². The molecule has 1 unspecified atom stereocenters. The summed E-state index contributed by atoms with van der Waals surface area (Å²) in [6.07, 6.45) is 0. The average molecular weight is 297 g/mol. The van der Waals surface area contributed by atoms with Crippen molar-refractivity contribution in [1.29, 1.82) is 0 Å². The van der Waals surface area contributed by atoms with Gasteiger partial charge in [0.1, 0.15) is 6.04 Å². The minimum absolute atomic E-state index is 0.226. The first kappa shape index (κ1) is 16.8. The van der Waals surface area contributed by atoms with Crippen LogP contribution in [-0.2, 0) is 16.1 Å². The van der Waals surface area contributed by atoms with Gasteiger partial charge in [0.15, 0.2) is 18.1 Å². The molecule has 116 valence electrons. The number of carbonyl (C=O) groups is 2. The van der Waals surface area contributed by atoms with E-state index in [0.717, 1.165) is 0 Å². The van der Waals surface area contributed by atoms with Crippen molar-refractivity contribution in [2.24, 2.45) is 0 Å². The summed E-state index contributed by atoms with van der Waals surface area (Å²) < 4.78 is 10.7. The van der Waals surface area contributed by atoms with E-state index < -0.39 is 24.6 Å². The molecule has 0 aromatic heterocycles. The lowest BCUT2D eigenvalue weighted by Crippen LogP contribution is -2.33. The summed E-state index contributed by atoms with van der Waals surface area (Å²) in [6.45, 7) is 3.46. The molecule has 1 atom stereocenters. The number of benzene rings is 1. The van der Waals surface area contributed by atoms with Gasteiger partial charge in [-0.1, -0.05) is 12.1 Å². The Hall–Kier alpha value is -2.28. The number of carboxylic acids is 2. The van der Waals surface area contributed by atoms with Crippen LogP contribution in [0.3, 0.4) is 0 Å². The van der Waals surface area contributed by atoms with Crippen LogP contribution in [0.5, 0.6) is 11.5 Å². The summed E-state index contributed by atoms with van der Waals surface area (Å²) in [4.78, 5) is 21.4. The topological polar surface area (TPSA) is 105 Å². The van der Waals surface area contributed by atoms with Gasteiger partial charge in [-0.15, -0.1) is 0 Å². The number of carboxylic acid groups (broad SMARTS) is 2. The van der Waals surface area contributed by atoms with Gasteiger partial charge in [0, 0.05) is 12.1 Å². The van der Waals surface area contributed by atoms with Gasteiger partial charge in [-0.05, 0) is 19.9 Å². The molecule has 1 rings (SSSR count). The number of hydrogen-bond acceptors (Lipinski definition) is 5. The van der Waals surface area contributed by atoms with E-state index in [9.17, 15) is 9.59 Å². The molecule has 0 aliphatic heterocycles. The maximum absolute atomic E-state index is 10.8. The van der Waals surface area contributed by atoms with E-state index in [1.165, 1.54) is 6.92 Å². The highest BCUT2D eigenvalue weighted by atomic mass is 16.5. The van der Waals surface area contributed by atoms with E-state index in [4.69, 9.17) is 19.7 Å². The fraction of sp³-hybridized carbons (Fsp3) is 0.429. The van der Waals surface area contributed by atoms with Gasteiger partial charge in [0.25, 0.3) is 0 Å². The third kappa shape index (κ3) is 5.31. The normalized spacial score (nSPS) is 11.7. The molecule has 0 amide bonds. The van der Waals surface area contributed by atoms with Crippen molar-refractivity contribution in [3.63, 3.8) is 0 Å². The first-order valence-electron chi connectivity index (χ1n) is 6.51. The summed E-state index contributed by atoms with van der Waals surface area (Å²) in [5.41, 5.74) is 0.635. The zero-order valence-corrected chi connectivity index (χ0v) is 12.0. The zero-order valence-electron chi connectivity index (χ0n) is 12.0. The van der Waals surface area contributed by atoms with Crippen molar-refractivity contribution < 1.29 is 29.3 Å². The highest BCUT2D eigenvalue weighted by Crippen LogP contribution is 2.31. The lowest BCUT2D eigenvalue weighted by molar-refractivity contribution is -0.140. The van der Waals surface area contributed by atoms with Crippen LogP contribution >= 0.6 is 0 Å². The number of nitrogens with one attached hydrogen (secondary N) is 1. The molecule has 7 nitrogen and oxygen atoms in total. The monoisotopic (exact) mass is 297 g/mol. The van der Waals surface area contributed by atoms with E-state index >= 15 is 0 Å². The first-order chi connectivity index (χ1) is 9.95. The van der Waals surface area contributed by atoms with E-state index in [2.05, 4.69) is 5.32 Å². The Kier molecular flexibility index (Phi) is 6.48. The Labute approximate surface area is 122 Å². The summed E-state index contributed by atoms with van der Waals surface area (Å²) in [7, 11) is 0. The largest absolute Gasteiger partial charge is 0.490 e. The molecule has 0 bridgehead atoms. The van der Waals surface area contributed by atoms with Gasteiger partial charge in [0.05, 0.1) is 6.61 Å². The minimum atomic E-state index is -1.10. The molecular formula is C14H19NO6. The van der Waals surface area contributed by atoms with Crippen molar-refractivity contribution in [3.05, 3.63) is 23.8 Å². The second kappa shape index (κ2) is 8.11. The maximum atomic E-state index is 10.8. The SMILES string of the molecule is CCOc1cccc(CNC(C)C(=O)O)c1OCC(=O)O. The predicted molar refractivity (Wildman–Crippen MR) is 74.7 cm³/mol. The molecule has 3 N–H and O–H groups in total. The molecule has 7 heteroatoms. The quantitative estimate of drug-likeness (QED) is 0.627. The molecule has 0 saturated heterocycles. The third-order valence-electron chi connectivity index (χ3n) is 2.67. The summed E-state index contributed by atoms with van der Waals surface area (Å²) in [5.74, 6) is -1.32. The van der Waals surface area contributed by atoms with Crippen LogP contribution in [0.2, 0.25) is 0 Å². The third-order valence-corrected chi connectivity index (χ3v) is 2.67. The Bertz CT molecular complexity index is 502. The van der Waals surface area contributed by atoms with Gasteiger partial charge >= 0.3 is 11.9 Å². The lowest BCUT2D eigenvalue weighted by Gasteiger charge is -2.16. The average Bonchev–Trinajstić information content (AvgIpc) is 2.43. The van der Waals surface area contributed by atoms with Crippen molar-refractivity contribution >= 4 is 11.9 Å². The molecule has 0 fully saturated rings. The van der Waals surface area contributed by atoms with Crippen LogP contribution in [0, 0.1) is 0 Å². The standard InChI is InChI=1S/C14H19NO6/c1-3-20-11-6-4-5-10(7-15-9(2)14(18)19)13(11)21-8-12(16)17/h4-6,9,15H,3,7-8H2,1-2H3,(H,16,17)(H,18,19). The number of para-hydroxylation sites is 1. The van der Waals surface area contributed by atoms with Crippen LogP contribution in [0.25, 0.3) is 0 Å². The van der Waals surface area contributed by atoms with Crippen LogP contribution in [0.1, 0.15) is 19.4 Å². The lowest BCUT2D eigenvalue weighted by atomic mass is 10.1. The van der Waals surface area contributed by atoms with Gasteiger partial charge < -0.3 is 25.0 Å². The van der Waals surface area contributed by atoms with E-state index in [1.807, 2.05) is 0 Å². The van der Waals surface area contributed by atoms with E-state index in [1.54, 1.807) is 25.1 Å². The summed E-state index contributed by atoms with van der Waals surface area (Å²) in [5, 5.41) is 20.4. The van der Waals surface area contributed by atoms with Crippen LogP contribution in [0.15, 0.2) is 18.2 Å². The Morgan fingerprint density at radius 1 is 1.29 bits per heavy atom. The fourth-order valence-electron chi connectivity index (χ4n) is 1.62. The van der Waals surface area contributed by atoms with Crippen LogP contribution < -0.4 is 14.8 Å². The number of hydrogen-bond donors (Lipinski definition) is 3. The second-order valence-corrected chi connectivity index (χ2v) is 4.30. The maximum Gasteiger partial charge on any atom is 0.341 e. The highest BCUT2D eigenvalue weighted by molar-refractivity contribution is 5.72. The molecule has 0 saturated carbocycles. The van der Waals surface area contributed by atoms with Gasteiger partial charge in [0.2, 0.25) is 0 Å². The minimum Gasteiger partial charge on any atom is -0.490 e. The number of ether oxygens (including phenoxy) is 2. The molecule has 0 spiro atoms. The van der Waals surface area contributed by atoms with E-state index in [-0.39, 0.29) is 6.54 Å². The highest BCUT2D eigenvalue weighted by Gasteiger charge is 2.15. The first-order valence-corrected chi connectivity index (χ1v) is 6.51. The molecule has 1 aromatic carbocycles. The molecule has 21 heavy (non-hydrogen) atoms. The Morgan fingerprint density at radius 2 is 2.00 bits per heavy atom.